The molecule has 1 amide bonds. The lowest BCUT2D eigenvalue weighted by Crippen LogP contribution is -2.16. The summed E-state index contributed by atoms with van der Waals surface area (Å²) in [5.41, 5.74) is 1.27. The average molecular weight is 353 g/mol. The Kier molecular flexibility index (Phi) is 6.26. The molecule has 0 aliphatic carbocycles. The van der Waals surface area contributed by atoms with Gasteiger partial charge in [0.1, 0.15) is 5.82 Å². The monoisotopic (exact) mass is 352 g/mol. The lowest BCUT2D eigenvalue weighted by atomic mass is 10.2. The fourth-order valence-corrected chi connectivity index (χ4v) is 2.24. The van der Waals surface area contributed by atoms with Crippen LogP contribution in [0.1, 0.15) is 6.42 Å². The third-order valence-electron chi connectivity index (χ3n) is 3.27. The Bertz CT molecular complexity index is 725. The summed E-state index contributed by atoms with van der Waals surface area (Å²) in [7, 11) is 3.12. The fourth-order valence-electron chi connectivity index (χ4n) is 2.06. The zero-order chi connectivity index (χ0) is 17.5. The second kappa shape index (κ2) is 8.40. The molecular weight excluding hydrogens is 335 g/mol. The first-order valence-electron chi connectivity index (χ1n) is 7.24. The number of carbonyl (C=O) groups is 1. The van der Waals surface area contributed by atoms with E-state index in [1.54, 1.807) is 26.4 Å². The highest BCUT2D eigenvalue weighted by Gasteiger charge is 2.07. The van der Waals surface area contributed by atoms with Crippen LogP contribution < -0.4 is 20.1 Å². The van der Waals surface area contributed by atoms with E-state index in [4.69, 9.17) is 21.1 Å². The summed E-state index contributed by atoms with van der Waals surface area (Å²) < 4.78 is 23.4. The first kappa shape index (κ1) is 17.9. The SMILES string of the molecule is COc1ccc(NCCC(=O)Nc2ccc(F)c(Cl)c2)cc1OC. The van der Waals surface area contributed by atoms with E-state index in [-0.39, 0.29) is 17.4 Å². The number of hydrogen-bond donors (Lipinski definition) is 2. The summed E-state index contributed by atoms with van der Waals surface area (Å²) in [6.07, 6.45) is 0.239. The second-order valence-corrected chi connectivity index (χ2v) is 5.33. The summed E-state index contributed by atoms with van der Waals surface area (Å²) in [5.74, 6) is 0.511. The van der Waals surface area contributed by atoms with Crippen LogP contribution in [0.5, 0.6) is 11.5 Å². The molecule has 0 aromatic heterocycles. The molecule has 7 heteroatoms. The fraction of sp³-hybridized carbons (Fsp3) is 0.235. The molecule has 0 bridgehead atoms. The number of amides is 1. The van der Waals surface area contributed by atoms with Crippen molar-refractivity contribution < 1.29 is 18.7 Å². The summed E-state index contributed by atoms with van der Waals surface area (Å²) in [5, 5.41) is 5.76. The van der Waals surface area contributed by atoms with Crippen molar-refractivity contribution in [3.8, 4) is 11.5 Å². The van der Waals surface area contributed by atoms with Crippen molar-refractivity contribution >= 4 is 28.9 Å². The van der Waals surface area contributed by atoms with Crippen LogP contribution >= 0.6 is 11.6 Å². The third kappa shape index (κ3) is 4.76. The molecule has 0 fully saturated rings. The van der Waals surface area contributed by atoms with Crippen molar-refractivity contribution in [1.29, 1.82) is 0 Å². The van der Waals surface area contributed by atoms with Crippen LogP contribution in [0.25, 0.3) is 0 Å². The standard InChI is InChI=1S/C17H18ClFN2O3/c1-23-15-6-4-11(10-16(15)24-2)20-8-7-17(22)21-12-3-5-14(19)13(18)9-12/h3-6,9-10,20H,7-8H2,1-2H3,(H,21,22). The first-order valence-corrected chi connectivity index (χ1v) is 7.62. The molecule has 2 aromatic carbocycles. The predicted octanol–water partition coefficient (Wildman–Crippen LogP) is 3.94. The van der Waals surface area contributed by atoms with Crippen LogP contribution in [0.4, 0.5) is 15.8 Å². The van der Waals surface area contributed by atoms with E-state index < -0.39 is 5.82 Å². The lowest BCUT2D eigenvalue weighted by Gasteiger charge is -2.11. The van der Waals surface area contributed by atoms with E-state index in [1.807, 2.05) is 6.07 Å². The highest BCUT2D eigenvalue weighted by atomic mass is 35.5. The largest absolute Gasteiger partial charge is 0.493 e. The summed E-state index contributed by atoms with van der Waals surface area (Å²) in [4.78, 5) is 11.9. The summed E-state index contributed by atoms with van der Waals surface area (Å²) in [6, 6.07) is 9.44. The van der Waals surface area contributed by atoms with E-state index in [0.717, 1.165) is 5.69 Å². The van der Waals surface area contributed by atoms with Gasteiger partial charge in [0.15, 0.2) is 11.5 Å². The smallest absolute Gasteiger partial charge is 0.226 e. The van der Waals surface area contributed by atoms with Crippen LogP contribution in [0.3, 0.4) is 0 Å². The molecule has 0 saturated heterocycles. The van der Waals surface area contributed by atoms with Crippen molar-refractivity contribution in [1.82, 2.24) is 0 Å². The molecule has 0 heterocycles. The van der Waals surface area contributed by atoms with Gasteiger partial charge in [-0.15, -0.1) is 0 Å². The maximum Gasteiger partial charge on any atom is 0.226 e. The number of ether oxygens (including phenoxy) is 2. The van der Waals surface area contributed by atoms with Gasteiger partial charge in [-0.05, 0) is 30.3 Å². The molecule has 0 radical (unpaired) electrons. The van der Waals surface area contributed by atoms with E-state index in [9.17, 15) is 9.18 Å². The van der Waals surface area contributed by atoms with E-state index in [0.29, 0.717) is 23.7 Å². The van der Waals surface area contributed by atoms with Gasteiger partial charge in [-0.3, -0.25) is 4.79 Å². The van der Waals surface area contributed by atoms with E-state index in [1.165, 1.54) is 18.2 Å². The molecule has 5 nitrogen and oxygen atoms in total. The minimum atomic E-state index is -0.523. The van der Waals surface area contributed by atoms with Crippen molar-refractivity contribution in [2.24, 2.45) is 0 Å². The first-order chi connectivity index (χ1) is 11.5. The maximum absolute atomic E-state index is 13.1. The van der Waals surface area contributed by atoms with Crippen LogP contribution in [-0.4, -0.2) is 26.7 Å². The molecule has 24 heavy (non-hydrogen) atoms. The number of benzene rings is 2. The van der Waals surface area contributed by atoms with Crippen molar-refractivity contribution in [3.63, 3.8) is 0 Å². The number of anilines is 2. The maximum atomic E-state index is 13.1. The highest BCUT2D eigenvalue weighted by Crippen LogP contribution is 2.29. The van der Waals surface area contributed by atoms with Gasteiger partial charge in [0.25, 0.3) is 0 Å². The zero-order valence-corrected chi connectivity index (χ0v) is 14.1. The molecule has 0 aliphatic heterocycles. The number of rotatable bonds is 7. The number of nitrogens with one attached hydrogen (secondary N) is 2. The van der Waals surface area contributed by atoms with Gasteiger partial charge >= 0.3 is 0 Å². The zero-order valence-electron chi connectivity index (χ0n) is 13.4. The second-order valence-electron chi connectivity index (χ2n) is 4.92. The van der Waals surface area contributed by atoms with Gasteiger partial charge in [0.05, 0.1) is 19.2 Å². The Balaban J connectivity index is 1.85. The molecule has 2 N–H and O–H groups in total. The van der Waals surface area contributed by atoms with Crippen LogP contribution in [0, 0.1) is 5.82 Å². The summed E-state index contributed by atoms with van der Waals surface area (Å²) >= 11 is 5.67. The Morgan fingerprint density at radius 2 is 1.79 bits per heavy atom. The molecule has 0 aliphatic rings. The molecule has 2 aromatic rings. The molecule has 0 spiro atoms. The van der Waals surface area contributed by atoms with E-state index >= 15 is 0 Å². The molecule has 0 atom stereocenters. The Labute approximate surface area is 144 Å². The van der Waals surface area contributed by atoms with Gasteiger partial charge in [0, 0.05) is 30.4 Å². The molecule has 128 valence electrons. The normalized spacial score (nSPS) is 10.2. The average Bonchev–Trinajstić information content (AvgIpc) is 2.58. The minimum absolute atomic E-state index is 0.0312. The Morgan fingerprint density at radius 3 is 2.46 bits per heavy atom. The van der Waals surface area contributed by atoms with Gasteiger partial charge < -0.3 is 20.1 Å². The van der Waals surface area contributed by atoms with Gasteiger partial charge in [-0.1, -0.05) is 11.6 Å². The quantitative estimate of drug-likeness (QED) is 0.792. The van der Waals surface area contributed by atoms with Crippen molar-refractivity contribution in [2.45, 2.75) is 6.42 Å². The number of methoxy groups -OCH3 is 2. The van der Waals surface area contributed by atoms with Crippen molar-refractivity contribution in [3.05, 3.63) is 47.2 Å². The molecule has 2 rings (SSSR count). The Hall–Kier alpha value is -2.47. The number of hydrogen-bond acceptors (Lipinski definition) is 4. The van der Waals surface area contributed by atoms with Gasteiger partial charge in [0.2, 0.25) is 5.91 Å². The molecule has 0 unspecified atom stereocenters. The van der Waals surface area contributed by atoms with E-state index in [2.05, 4.69) is 10.6 Å². The van der Waals surface area contributed by atoms with Gasteiger partial charge in [-0.25, -0.2) is 4.39 Å². The molecular formula is C17H18ClFN2O3. The third-order valence-corrected chi connectivity index (χ3v) is 3.56. The van der Waals surface area contributed by atoms with Crippen LogP contribution in [0.15, 0.2) is 36.4 Å². The van der Waals surface area contributed by atoms with Gasteiger partial charge in [-0.2, -0.15) is 0 Å². The number of carbonyl (C=O) groups excluding carboxylic acids is 1. The highest BCUT2D eigenvalue weighted by molar-refractivity contribution is 6.31. The topological polar surface area (TPSA) is 59.6 Å². The Morgan fingerprint density at radius 1 is 1.08 bits per heavy atom. The van der Waals surface area contributed by atoms with Crippen LogP contribution in [-0.2, 0) is 4.79 Å². The summed E-state index contributed by atoms with van der Waals surface area (Å²) in [6.45, 7) is 0.427. The minimum Gasteiger partial charge on any atom is -0.493 e. The lowest BCUT2D eigenvalue weighted by molar-refractivity contribution is -0.115. The number of halogens is 2. The predicted molar refractivity (Wildman–Crippen MR) is 92.7 cm³/mol. The van der Waals surface area contributed by atoms with Crippen molar-refractivity contribution in [2.75, 3.05) is 31.4 Å². The molecule has 0 saturated carbocycles. The van der Waals surface area contributed by atoms with Crippen LogP contribution in [0.2, 0.25) is 5.02 Å².